The average molecular weight is 1760 g/mol. The van der Waals surface area contributed by atoms with Gasteiger partial charge in [0.25, 0.3) is 23.6 Å². The molecule has 10 rings (SSSR count). The first-order valence-corrected chi connectivity index (χ1v) is 161. The Bertz CT molecular complexity index is 3230. The Hall–Kier alpha value is 20.8. The van der Waals surface area contributed by atoms with E-state index in [-0.39, 0.29) is 167 Å². The Balaban J connectivity index is -0.000000414. The number of imide groups is 1. The zero-order valence-electron chi connectivity index (χ0n) is 63.0. The normalized spacial score (nSPS) is 13.0. The fourth-order valence-corrected chi connectivity index (χ4v) is 9.43. The molecule has 0 aliphatic carbocycles. The molecule has 37 heteroatoms. The standard InChI is InChI=1S/C25H27F2N5O.C25H26F2N4O2.C8H5NO2.18K.2H/c1-17-10-19(5-6-24(17)30-15-18(2)29-16-30)11-20-4-3-8-32(25(20)33)31(9-7-28)23-13-21(26)12-22(27)14-23;1-17-10-19(5-6-24(17)29-15-18(2)28-16-29)11-20-4-3-7-31(25(20)33)30(8-9-32)23-13-21(26)12-22(27)14-23;10-7-5-3-1-2-4-6(5)8(11)9-7;;;;;;;;;;;;;;;;;;;;/h5-6,10-16H,3-4,7-9,28H2,1-2H3;5-6,10-16,32H,3-4,7-9H2,1-2H3;1-4H,(H,9,10,11);;;;;;;;;;;;;;;;;;;;/q;;;;;;;;;;;;;;;;;;;2*+1;2*-1/b2*20-11+;;;;;;;;;;;;;;;;;;;;;. The van der Waals surface area contributed by atoms with Crippen LogP contribution in [0.15, 0.2) is 133 Å². The van der Waals surface area contributed by atoms with Gasteiger partial charge < -0.3 is 22.8 Å². The fraction of sp³-hybridized carbons (Fsp3) is 0.241. The van der Waals surface area contributed by atoms with Crippen molar-refractivity contribution >= 4 is 552 Å². The molecule has 0 atom stereocenters. The van der Waals surface area contributed by atoms with Crippen LogP contribution in [0.5, 0.6) is 0 Å². The van der Waals surface area contributed by atoms with Gasteiger partial charge in [-0.25, -0.2) is 37.5 Å². The molecule has 15 nitrogen and oxygen atoms in total. The van der Waals surface area contributed by atoms with E-state index in [2.05, 4.69) is 15.3 Å². The molecule has 7 aromatic rings. The van der Waals surface area contributed by atoms with Crippen LogP contribution in [0.25, 0.3) is 23.5 Å². The van der Waals surface area contributed by atoms with Crippen LogP contribution < -0.4 is 124 Å². The van der Waals surface area contributed by atoms with E-state index in [1.807, 2.05) is 97.8 Å². The first-order chi connectivity index (χ1) is 45.0. The zero-order valence-corrected chi connectivity index (χ0v) is 117. The number of aryl methyl sites for hydroxylation is 4. The third kappa shape index (κ3) is 46.2. The quantitative estimate of drug-likeness (QED) is 0.0498. The second kappa shape index (κ2) is 76.0. The summed E-state index contributed by atoms with van der Waals surface area (Å²) >= 11 is 20.0. The molecule has 95 heavy (non-hydrogen) atoms. The van der Waals surface area contributed by atoms with Crippen molar-refractivity contribution in [3.05, 3.63) is 201 Å². The van der Waals surface area contributed by atoms with Gasteiger partial charge in [-0.1, -0.05) is 24.3 Å². The summed E-state index contributed by atoms with van der Waals surface area (Å²) in [6.45, 7) is 9.01. The molecule has 2 fully saturated rings. The molecule has 5 heterocycles. The Morgan fingerprint density at radius 1 is 0.526 bits per heavy atom. The SMILES string of the molecule is Cc1cn(-c2ccc(/C=C3\CCCN(N(CCN)c4cc(F)cc(F)c4)C3=O)cc2C)cn1.Cc1cn(-c2ccc(/C=C3\CCCN(N(CCO)c4cc(F)cc(F)c4)C3=O)cc2C)cn1.O=C1NC(=O)c2ccccc21.[H-].[H-].[K+].[K+].[K][K].[K][K].[K][K].[K][K].[K][K].[K][K].[K][K].[K][K]. The number of hydrazine groups is 2. The molecule has 3 aliphatic heterocycles. The number of anilines is 2. The zero-order chi connectivity index (χ0) is 70.9. The van der Waals surface area contributed by atoms with Gasteiger partial charge in [-0.15, -0.1) is 0 Å². The molecule has 418 valence electrons. The number of aliphatic hydroxyl groups is 1. The summed E-state index contributed by atoms with van der Waals surface area (Å²) < 4.78 is 59.2. The predicted octanol–water partition coefficient (Wildman–Crippen LogP) is -2.95. The Kier molecular flexibility index (Phi) is 96.0. The van der Waals surface area contributed by atoms with Crippen molar-refractivity contribution in [3.63, 3.8) is 0 Å². The summed E-state index contributed by atoms with van der Waals surface area (Å²) in [5.41, 5.74) is 16.2. The second-order valence-electron chi connectivity index (χ2n) is 18.7. The van der Waals surface area contributed by atoms with Crippen molar-refractivity contribution in [1.82, 2.24) is 34.4 Å². The van der Waals surface area contributed by atoms with Crippen LogP contribution in [0.3, 0.4) is 0 Å². The fourth-order valence-electron chi connectivity index (χ4n) is 9.43. The van der Waals surface area contributed by atoms with Crippen molar-refractivity contribution < 1.29 is 147 Å². The molecule has 5 aromatic carbocycles. The van der Waals surface area contributed by atoms with E-state index in [1.165, 1.54) is 532 Å². The van der Waals surface area contributed by atoms with Gasteiger partial charge in [0.2, 0.25) is 0 Å². The van der Waals surface area contributed by atoms with Gasteiger partial charge in [0, 0.05) is 66.7 Å². The molecule has 3 aliphatic rings. The van der Waals surface area contributed by atoms with Crippen LogP contribution in [0.1, 0.15) is 82.9 Å². The van der Waals surface area contributed by atoms with Crippen LogP contribution in [0, 0.1) is 51.0 Å². The number of hydrogen-bond donors (Lipinski definition) is 3. The number of nitrogens with two attached hydrogens (primary N) is 1. The molecule has 4 amide bonds. The van der Waals surface area contributed by atoms with Crippen molar-refractivity contribution in [2.24, 2.45) is 5.73 Å². The van der Waals surface area contributed by atoms with E-state index in [0.717, 1.165) is 75.7 Å². The third-order valence-electron chi connectivity index (χ3n) is 12.9. The van der Waals surface area contributed by atoms with E-state index in [9.17, 15) is 41.8 Å². The summed E-state index contributed by atoms with van der Waals surface area (Å²) in [7, 11) is 0. The summed E-state index contributed by atoms with van der Waals surface area (Å²) in [5, 5.41) is 17.7. The molecular formula is C58H60F4K18N10O5. The first kappa shape index (κ1) is 120. The number of hydrogen-bond acceptors (Lipinski definition) is 10. The van der Waals surface area contributed by atoms with E-state index < -0.39 is 23.3 Å². The first-order valence-electron chi connectivity index (χ1n) is 33.0. The minimum atomic E-state index is -0.739. The Labute approximate surface area is 1010 Å². The van der Waals surface area contributed by atoms with E-state index in [1.54, 1.807) is 41.9 Å². The minimum absolute atomic E-state index is 0. The number of carbonyl (C=O) groups is 4. The molecule has 4 N–H and O–H groups in total. The summed E-state index contributed by atoms with van der Waals surface area (Å²) in [6.07, 6.45) is 13.9. The molecular weight excluding hydrogens is 1700 g/mol. The van der Waals surface area contributed by atoms with Gasteiger partial charge in [-0.3, -0.25) is 34.5 Å². The molecule has 2 saturated heterocycles. The molecule has 0 spiro atoms. The Morgan fingerprint density at radius 3 is 1.16 bits per heavy atom. The van der Waals surface area contributed by atoms with Gasteiger partial charge in [0.15, 0.2) is 0 Å². The number of imidazole rings is 2. The summed E-state index contributed by atoms with van der Waals surface area (Å²) in [6, 6.07) is 25.0. The number of piperidine rings is 2. The average Bonchev–Trinajstić information content (AvgIpc) is 1.61. The van der Waals surface area contributed by atoms with Gasteiger partial charge in [-0.2, -0.15) is 0 Å². The summed E-state index contributed by atoms with van der Waals surface area (Å²) in [4.78, 5) is 57.1. The van der Waals surface area contributed by atoms with Gasteiger partial charge in [0.05, 0.1) is 66.2 Å². The summed E-state index contributed by atoms with van der Waals surface area (Å²) in [5.74, 6) is -3.91. The van der Waals surface area contributed by atoms with Crippen LogP contribution in [-0.2, 0) is 9.59 Å². The number of fused-ring (bicyclic) bond motifs is 1. The van der Waals surface area contributed by atoms with Gasteiger partial charge in [0.1, 0.15) is 23.3 Å². The Morgan fingerprint density at radius 2 is 0.863 bits per heavy atom. The van der Waals surface area contributed by atoms with Crippen LogP contribution in [0.4, 0.5) is 28.9 Å². The number of carbonyl (C=O) groups excluding carboxylic acids is 4. The van der Waals surface area contributed by atoms with Crippen molar-refractivity contribution in [3.8, 4) is 11.4 Å². The third-order valence-corrected chi connectivity index (χ3v) is 12.9. The molecule has 0 unspecified atom stereocenters. The van der Waals surface area contributed by atoms with Crippen molar-refractivity contribution in [2.45, 2.75) is 53.4 Å². The van der Waals surface area contributed by atoms with Crippen LogP contribution >= 0.6 is 0 Å². The van der Waals surface area contributed by atoms with Crippen LogP contribution in [-0.4, -0.2) is 602 Å². The van der Waals surface area contributed by atoms with E-state index in [0.29, 0.717) is 54.6 Å². The monoisotopic (exact) mass is 1750 g/mol. The maximum atomic E-state index is 13.8. The molecule has 0 radical (unpaired) electrons. The topological polar surface area (TPSA) is 175 Å². The number of amides is 4. The number of nitrogens with zero attached hydrogens (tertiary/aromatic N) is 8. The number of aromatic nitrogens is 4. The van der Waals surface area contributed by atoms with Crippen molar-refractivity contribution in [1.29, 1.82) is 0 Å². The van der Waals surface area contributed by atoms with Crippen LogP contribution in [0.2, 0.25) is 0 Å². The second-order valence-corrected chi connectivity index (χ2v) is 18.7. The number of aliphatic hydroxyl groups excluding tert-OH is 1. The van der Waals surface area contributed by atoms with Gasteiger partial charge >= 0.3 is 608 Å². The van der Waals surface area contributed by atoms with E-state index in [4.69, 9.17) is 5.73 Å². The molecule has 0 saturated carbocycles. The predicted molar refractivity (Wildman–Crippen MR) is 380 cm³/mol. The van der Waals surface area contributed by atoms with Gasteiger partial charge in [-0.05, 0) is 148 Å². The number of halogens is 4. The maximum absolute atomic E-state index is 13.8. The van der Waals surface area contributed by atoms with E-state index >= 15 is 0 Å². The number of benzene rings is 5. The molecule has 2 aromatic heterocycles. The number of rotatable bonds is 12. The van der Waals surface area contributed by atoms with Crippen molar-refractivity contribution in [2.75, 3.05) is 49.3 Å². The molecule has 0 bridgehead atoms. The number of nitrogens with one attached hydrogen (secondary N) is 1.